The van der Waals surface area contributed by atoms with Crippen LogP contribution in [0.4, 0.5) is 0 Å². The molecule has 1 N–H and O–H groups in total. The SMILES string of the molecule is COCC1CCN(CCC2CSCCN2)C1. The molecule has 2 unspecified atom stereocenters. The van der Waals surface area contributed by atoms with E-state index >= 15 is 0 Å². The van der Waals surface area contributed by atoms with E-state index in [9.17, 15) is 0 Å². The van der Waals surface area contributed by atoms with Gasteiger partial charge in [0.25, 0.3) is 0 Å². The van der Waals surface area contributed by atoms with E-state index in [4.69, 9.17) is 4.74 Å². The first-order chi connectivity index (χ1) is 7.88. The minimum absolute atomic E-state index is 0.750. The van der Waals surface area contributed by atoms with Crippen molar-refractivity contribution in [3.8, 4) is 0 Å². The fourth-order valence-corrected chi connectivity index (χ4v) is 3.63. The lowest BCUT2D eigenvalue weighted by Gasteiger charge is -2.25. The number of hydrogen-bond donors (Lipinski definition) is 1. The van der Waals surface area contributed by atoms with Gasteiger partial charge in [-0.2, -0.15) is 11.8 Å². The highest BCUT2D eigenvalue weighted by Gasteiger charge is 2.23. The summed E-state index contributed by atoms with van der Waals surface area (Å²) < 4.78 is 5.23. The zero-order valence-corrected chi connectivity index (χ0v) is 11.1. The van der Waals surface area contributed by atoms with E-state index in [2.05, 4.69) is 22.0 Å². The Labute approximate surface area is 103 Å². The van der Waals surface area contributed by atoms with E-state index in [1.165, 1.54) is 50.5 Å². The molecule has 2 heterocycles. The summed E-state index contributed by atoms with van der Waals surface area (Å²) in [5.41, 5.74) is 0. The zero-order chi connectivity index (χ0) is 11.2. The number of nitrogens with zero attached hydrogens (tertiary/aromatic N) is 1. The average molecular weight is 244 g/mol. The van der Waals surface area contributed by atoms with Gasteiger partial charge in [-0.1, -0.05) is 0 Å². The number of thioether (sulfide) groups is 1. The molecule has 16 heavy (non-hydrogen) atoms. The van der Waals surface area contributed by atoms with Crippen LogP contribution in [0, 0.1) is 5.92 Å². The molecule has 0 spiro atoms. The van der Waals surface area contributed by atoms with E-state index in [1.54, 1.807) is 0 Å². The number of rotatable bonds is 5. The predicted octanol–water partition coefficient (Wildman–Crippen LogP) is 1.05. The van der Waals surface area contributed by atoms with Gasteiger partial charge < -0.3 is 15.0 Å². The van der Waals surface area contributed by atoms with E-state index in [-0.39, 0.29) is 0 Å². The fraction of sp³-hybridized carbons (Fsp3) is 1.00. The van der Waals surface area contributed by atoms with Crippen molar-refractivity contribution in [2.24, 2.45) is 5.92 Å². The molecule has 0 radical (unpaired) electrons. The van der Waals surface area contributed by atoms with Gasteiger partial charge in [-0.15, -0.1) is 0 Å². The highest BCUT2D eigenvalue weighted by Crippen LogP contribution is 2.18. The lowest BCUT2D eigenvalue weighted by molar-refractivity contribution is 0.153. The second kappa shape index (κ2) is 6.84. The minimum Gasteiger partial charge on any atom is -0.384 e. The molecule has 2 atom stereocenters. The molecule has 0 amide bonds. The fourth-order valence-electron chi connectivity index (χ4n) is 2.63. The maximum absolute atomic E-state index is 5.23. The summed E-state index contributed by atoms with van der Waals surface area (Å²) in [6.45, 7) is 5.91. The first-order valence-corrected chi connectivity index (χ1v) is 7.56. The number of hydrogen-bond acceptors (Lipinski definition) is 4. The number of methoxy groups -OCH3 is 1. The topological polar surface area (TPSA) is 24.5 Å². The second-order valence-corrected chi connectivity index (χ2v) is 6.08. The molecule has 2 saturated heterocycles. The number of nitrogens with one attached hydrogen (secondary N) is 1. The van der Waals surface area contributed by atoms with Crippen LogP contribution in [0.15, 0.2) is 0 Å². The van der Waals surface area contributed by atoms with Gasteiger partial charge >= 0.3 is 0 Å². The van der Waals surface area contributed by atoms with Crippen LogP contribution in [-0.2, 0) is 4.74 Å². The molecule has 94 valence electrons. The van der Waals surface area contributed by atoms with E-state index in [0.717, 1.165) is 18.6 Å². The quantitative estimate of drug-likeness (QED) is 0.781. The molecule has 2 aliphatic heterocycles. The van der Waals surface area contributed by atoms with Crippen molar-refractivity contribution >= 4 is 11.8 Å². The van der Waals surface area contributed by atoms with Crippen LogP contribution in [0.1, 0.15) is 12.8 Å². The lowest BCUT2D eigenvalue weighted by atomic mass is 10.1. The predicted molar refractivity (Wildman–Crippen MR) is 70.2 cm³/mol. The van der Waals surface area contributed by atoms with Crippen LogP contribution in [0.2, 0.25) is 0 Å². The van der Waals surface area contributed by atoms with Crippen molar-refractivity contribution in [3.05, 3.63) is 0 Å². The van der Waals surface area contributed by atoms with Crippen LogP contribution in [-0.4, -0.2) is 62.3 Å². The maximum atomic E-state index is 5.23. The molecule has 2 rings (SSSR count). The van der Waals surface area contributed by atoms with Gasteiger partial charge in [0.15, 0.2) is 0 Å². The molecule has 4 heteroatoms. The van der Waals surface area contributed by atoms with Crippen LogP contribution in [0.5, 0.6) is 0 Å². The van der Waals surface area contributed by atoms with Gasteiger partial charge in [0.05, 0.1) is 6.61 Å². The summed E-state index contributed by atoms with van der Waals surface area (Å²) in [6.07, 6.45) is 2.63. The summed E-state index contributed by atoms with van der Waals surface area (Å²) in [5.74, 6) is 3.37. The Morgan fingerprint density at radius 1 is 1.50 bits per heavy atom. The Hall–Kier alpha value is 0.230. The van der Waals surface area contributed by atoms with Crippen molar-refractivity contribution < 1.29 is 4.74 Å². The largest absolute Gasteiger partial charge is 0.384 e. The summed E-state index contributed by atoms with van der Waals surface area (Å²) >= 11 is 2.09. The molecule has 0 aromatic rings. The maximum Gasteiger partial charge on any atom is 0.0503 e. The molecule has 2 aliphatic rings. The lowest BCUT2D eigenvalue weighted by Crippen LogP contribution is -2.39. The van der Waals surface area contributed by atoms with Crippen molar-refractivity contribution in [2.45, 2.75) is 18.9 Å². The summed E-state index contributed by atoms with van der Waals surface area (Å²) in [5, 5.41) is 3.61. The van der Waals surface area contributed by atoms with Gasteiger partial charge in [0.2, 0.25) is 0 Å². The normalized spacial score (nSPS) is 32.1. The molecular weight excluding hydrogens is 220 g/mol. The highest BCUT2D eigenvalue weighted by atomic mass is 32.2. The van der Waals surface area contributed by atoms with Crippen LogP contribution in [0.25, 0.3) is 0 Å². The Morgan fingerprint density at radius 3 is 3.19 bits per heavy atom. The van der Waals surface area contributed by atoms with Gasteiger partial charge in [0, 0.05) is 37.7 Å². The van der Waals surface area contributed by atoms with Crippen LogP contribution >= 0.6 is 11.8 Å². The van der Waals surface area contributed by atoms with Crippen LogP contribution < -0.4 is 5.32 Å². The Morgan fingerprint density at radius 2 is 2.44 bits per heavy atom. The molecule has 0 aliphatic carbocycles. The Kier molecular flexibility index (Phi) is 5.42. The Bertz CT molecular complexity index is 197. The first kappa shape index (κ1) is 12.7. The van der Waals surface area contributed by atoms with Crippen molar-refractivity contribution in [1.29, 1.82) is 0 Å². The van der Waals surface area contributed by atoms with Crippen molar-refractivity contribution in [2.75, 3.05) is 51.4 Å². The van der Waals surface area contributed by atoms with E-state index in [1.807, 2.05) is 7.11 Å². The summed E-state index contributed by atoms with van der Waals surface area (Å²) in [6, 6.07) is 0.750. The van der Waals surface area contributed by atoms with Gasteiger partial charge in [-0.05, 0) is 31.8 Å². The third kappa shape index (κ3) is 3.91. The average Bonchev–Trinajstić information content (AvgIpc) is 2.76. The third-order valence-corrected chi connectivity index (χ3v) is 4.70. The zero-order valence-electron chi connectivity index (χ0n) is 10.3. The molecule has 0 aromatic carbocycles. The molecular formula is C12H24N2OS. The second-order valence-electron chi connectivity index (χ2n) is 4.93. The standard InChI is InChI=1S/C12H24N2OS/c1-15-9-11-2-5-14(8-11)6-3-12-10-16-7-4-13-12/h11-13H,2-10H2,1H3. The molecule has 0 aromatic heterocycles. The van der Waals surface area contributed by atoms with Crippen molar-refractivity contribution in [3.63, 3.8) is 0 Å². The van der Waals surface area contributed by atoms with E-state index < -0.39 is 0 Å². The summed E-state index contributed by atoms with van der Waals surface area (Å²) in [7, 11) is 1.81. The smallest absolute Gasteiger partial charge is 0.0503 e. The molecule has 0 bridgehead atoms. The van der Waals surface area contributed by atoms with E-state index in [0.29, 0.717) is 0 Å². The minimum atomic E-state index is 0.750. The number of likely N-dealkylation sites (tertiary alicyclic amines) is 1. The van der Waals surface area contributed by atoms with Gasteiger partial charge in [-0.3, -0.25) is 0 Å². The monoisotopic (exact) mass is 244 g/mol. The van der Waals surface area contributed by atoms with Gasteiger partial charge in [-0.25, -0.2) is 0 Å². The number of ether oxygens (including phenoxy) is 1. The first-order valence-electron chi connectivity index (χ1n) is 6.41. The highest BCUT2D eigenvalue weighted by molar-refractivity contribution is 7.99. The van der Waals surface area contributed by atoms with Crippen molar-refractivity contribution in [1.82, 2.24) is 10.2 Å². The van der Waals surface area contributed by atoms with Crippen LogP contribution in [0.3, 0.4) is 0 Å². The molecule has 2 fully saturated rings. The molecule has 0 saturated carbocycles. The molecule has 3 nitrogen and oxygen atoms in total. The Balaban J connectivity index is 1.59. The third-order valence-electron chi connectivity index (χ3n) is 3.56. The van der Waals surface area contributed by atoms with Gasteiger partial charge in [0.1, 0.15) is 0 Å². The summed E-state index contributed by atoms with van der Waals surface area (Å²) in [4.78, 5) is 2.60.